The summed E-state index contributed by atoms with van der Waals surface area (Å²) in [6.45, 7) is 3.52. The minimum absolute atomic E-state index is 0.321. The number of nitrogens with one attached hydrogen (secondary N) is 2. The van der Waals surface area contributed by atoms with Crippen LogP contribution in [0.5, 0.6) is 0 Å². The molecule has 0 saturated heterocycles. The van der Waals surface area contributed by atoms with Gasteiger partial charge in [0.15, 0.2) is 0 Å². The van der Waals surface area contributed by atoms with Crippen LogP contribution in [0.3, 0.4) is 0 Å². The van der Waals surface area contributed by atoms with E-state index in [4.69, 9.17) is 0 Å². The van der Waals surface area contributed by atoms with Crippen LogP contribution >= 0.6 is 0 Å². The van der Waals surface area contributed by atoms with Crippen molar-refractivity contribution in [2.45, 2.75) is 13.8 Å². The Morgan fingerprint density at radius 1 is 0.643 bits per heavy atom. The van der Waals surface area contributed by atoms with E-state index in [1.165, 1.54) is 48.5 Å². The van der Waals surface area contributed by atoms with Gasteiger partial charge in [-0.25, -0.2) is 8.78 Å². The zero-order chi connectivity index (χ0) is 20.3. The van der Waals surface area contributed by atoms with Crippen LogP contribution in [0.25, 0.3) is 0 Å². The first kappa shape index (κ1) is 19.2. The monoisotopic (exact) mass is 380 g/mol. The quantitative estimate of drug-likeness (QED) is 0.663. The summed E-state index contributed by atoms with van der Waals surface area (Å²) in [5.74, 6) is -1.72. The van der Waals surface area contributed by atoms with Gasteiger partial charge in [-0.2, -0.15) is 0 Å². The molecule has 2 N–H and O–H groups in total. The lowest BCUT2D eigenvalue weighted by Crippen LogP contribution is -2.15. The molecule has 0 spiro atoms. The predicted octanol–water partition coefficient (Wildman–Crippen LogP) is 5.09. The molecular weight excluding hydrogens is 362 g/mol. The predicted molar refractivity (Wildman–Crippen MR) is 105 cm³/mol. The number of hydrogen-bond acceptors (Lipinski definition) is 2. The molecule has 0 aliphatic carbocycles. The molecule has 142 valence electrons. The Labute approximate surface area is 161 Å². The van der Waals surface area contributed by atoms with Gasteiger partial charge in [0.25, 0.3) is 11.8 Å². The van der Waals surface area contributed by atoms with E-state index in [1.807, 2.05) is 0 Å². The normalized spacial score (nSPS) is 10.4. The fraction of sp³-hybridized carbons (Fsp3) is 0.0909. The van der Waals surface area contributed by atoms with Gasteiger partial charge in [0.2, 0.25) is 0 Å². The Morgan fingerprint density at radius 2 is 1.00 bits per heavy atom. The van der Waals surface area contributed by atoms with Crippen molar-refractivity contribution in [3.8, 4) is 0 Å². The summed E-state index contributed by atoms with van der Waals surface area (Å²) in [7, 11) is 0. The van der Waals surface area contributed by atoms with Gasteiger partial charge in [-0.05, 0) is 73.5 Å². The SMILES string of the molecule is Cc1ccc(F)cc1NC(=O)c1ccc(C(=O)Nc2cc(F)ccc2C)cc1. The zero-order valence-electron chi connectivity index (χ0n) is 15.3. The summed E-state index contributed by atoms with van der Waals surface area (Å²) >= 11 is 0. The molecule has 0 heterocycles. The van der Waals surface area contributed by atoms with E-state index in [-0.39, 0.29) is 0 Å². The molecule has 0 fully saturated rings. The molecule has 0 radical (unpaired) electrons. The molecule has 0 aromatic heterocycles. The van der Waals surface area contributed by atoms with Gasteiger partial charge in [-0.3, -0.25) is 9.59 Å². The summed E-state index contributed by atoms with van der Waals surface area (Å²) in [4.78, 5) is 24.7. The summed E-state index contributed by atoms with van der Waals surface area (Å²) < 4.78 is 26.7. The van der Waals surface area contributed by atoms with E-state index in [1.54, 1.807) is 26.0 Å². The van der Waals surface area contributed by atoms with Crippen LogP contribution in [-0.2, 0) is 0 Å². The van der Waals surface area contributed by atoms with Crippen LogP contribution in [0, 0.1) is 25.5 Å². The van der Waals surface area contributed by atoms with Crippen LogP contribution in [0.15, 0.2) is 60.7 Å². The van der Waals surface area contributed by atoms with Crippen molar-refractivity contribution in [2.75, 3.05) is 10.6 Å². The lowest BCUT2D eigenvalue weighted by Gasteiger charge is -2.10. The number of halogens is 2. The molecule has 0 bridgehead atoms. The van der Waals surface area contributed by atoms with Crippen molar-refractivity contribution in [3.63, 3.8) is 0 Å². The van der Waals surface area contributed by atoms with E-state index in [0.29, 0.717) is 22.5 Å². The summed E-state index contributed by atoms with van der Waals surface area (Å²) in [5.41, 5.74) is 2.87. The van der Waals surface area contributed by atoms with E-state index in [9.17, 15) is 18.4 Å². The largest absolute Gasteiger partial charge is 0.322 e. The average Bonchev–Trinajstić information content (AvgIpc) is 2.67. The first-order valence-electron chi connectivity index (χ1n) is 8.58. The zero-order valence-corrected chi connectivity index (χ0v) is 15.3. The highest BCUT2D eigenvalue weighted by atomic mass is 19.1. The number of aryl methyl sites for hydroxylation is 2. The number of carbonyl (C=O) groups is 2. The fourth-order valence-corrected chi connectivity index (χ4v) is 2.62. The molecule has 6 heteroatoms. The highest BCUT2D eigenvalue weighted by molar-refractivity contribution is 6.07. The van der Waals surface area contributed by atoms with E-state index in [0.717, 1.165) is 11.1 Å². The second-order valence-corrected chi connectivity index (χ2v) is 6.40. The first-order chi connectivity index (χ1) is 13.3. The van der Waals surface area contributed by atoms with Crippen molar-refractivity contribution in [2.24, 2.45) is 0 Å². The standard InChI is InChI=1S/C22H18F2N2O2/c1-13-3-9-17(23)11-19(13)25-21(27)15-5-7-16(8-6-15)22(28)26-20-12-18(24)10-4-14(20)2/h3-12H,1-2H3,(H,25,27)(H,26,28). The molecule has 2 amide bonds. The highest BCUT2D eigenvalue weighted by Crippen LogP contribution is 2.19. The topological polar surface area (TPSA) is 58.2 Å². The molecule has 0 atom stereocenters. The van der Waals surface area contributed by atoms with Gasteiger partial charge < -0.3 is 10.6 Å². The Bertz CT molecular complexity index is 962. The number of benzene rings is 3. The molecular formula is C22H18F2N2O2. The maximum absolute atomic E-state index is 13.4. The molecule has 3 aromatic carbocycles. The van der Waals surface area contributed by atoms with Gasteiger partial charge in [-0.15, -0.1) is 0 Å². The fourth-order valence-electron chi connectivity index (χ4n) is 2.62. The van der Waals surface area contributed by atoms with E-state index in [2.05, 4.69) is 10.6 Å². The molecule has 0 unspecified atom stereocenters. The Hall–Kier alpha value is -3.54. The van der Waals surface area contributed by atoms with E-state index >= 15 is 0 Å². The van der Waals surface area contributed by atoms with Crippen molar-refractivity contribution < 1.29 is 18.4 Å². The van der Waals surface area contributed by atoms with Crippen molar-refractivity contribution in [3.05, 3.63) is 94.6 Å². The molecule has 28 heavy (non-hydrogen) atoms. The average molecular weight is 380 g/mol. The third-order valence-electron chi connectivity index (χ3n) is 4.30. The van der Waals surface area contributed by atoms with Crippen LogP contribution in [0.4, 0.5) is 20.2 Å². The second-order valence-electron chi connectivity index (χ2n) is 6.40. The minimum atomic E-state index is -0.444. The molecule has 0 aliphatic heterocycles. The lowest BCUT2D eigenvalue weighted by molar-refractivity contribution is 0.101. The Balaban J connectivity index is 1.72. The number of amides is 2. The summed E-state index contributed by atoms with van der Waals surface area (Å²) in [5, 5.41) is 5.30. The molecule has 4 nitrogen and oxygen atoms in total. The first-order valence-corrected chi connectivity index (χ1v) is 8.58. The van der Waals surface area contributed by atoms with E-state index < -0.39 is 23.4 Å². The maximum Gasteiger partial charge on any atom is 0.255 e. The molecule has 3 rings (SSSR count). The van der Waals surface area contributed by atoms with Crippen LogP contribution in [0.2, 0.25) is 0 Å². The summed E-state index contributed by atoms with van der Waals surface area (Å²) in [6.07, 6.45) is 0. The smallest absolute Gasteiger partial charge is 0.255 e. The van der Waals surface area contributed by atoms with Gasteiger partial charge >= 0.3 is 0 Å². The molecule has 0 aliphatic rings. The summed E-state index contributed by atoms with van der Waals surface area (Å²) in [6, 6.07) is 14.3. The third kappa shape index (κ3) is 4.40. The lowest BCUT2D eigenvalue weighted by atomic mass is 10.1. The van der Waals surface area contributed by atoms with Crippen LogP contribution in [-0.4, -0.2) is 11.8 Å². The van der Waals surface area contributed by atoms with Gasteiger partial charge in [0.1, 0.15) is 11.6 Å². The Kier molecular flexibility index (Phi) is 5.49. The van der Waals surface area contributed by atoms with Crippen molar-refractivity contribution >= 4 is 23.2 Å². The number of hydrogen-bond donors (Lipinski definition) is 2. The van der Waals surface area contributed by atoms with Crippen molar-refractivity contribution in [1.29, 1.82) is 0 Å². The minimum Gasteiger partial charge on any atom is -0.322 e. The molecule has 0 saturated carbocycles. The second kappa shape index (κ2) is 8.00. The van der Waals surface area contributed by atoms with Gasteiger partial charge in [-0.1, -0.05) is 12.1 Å². The van der Waals surface area contributed by atoms with Crippen LogP contribution in [0.1, 0.15) is 31.8 Å². The number of anilines is 2. The van der Waals surface area contributed by atoms with Gasteiger partial charge in [0.05, 0.1) is 0 Å². The van der Waals surface area contributed by atoms with Crippen LogP contribution < -0.4 is 10.6 Å². The maximum atomic E-state index is 13.4. The van der Waals surface area contributed by atoms with Crippen molar-refractivity contribution in [1.82, 2.24) is 0 Å². The molecule has 3 aromatic rings. The third-order valence-corrected chi connectivity index (χ3v) is 4.30. The Morgan fingerprint density at radius 3 is 1.36 bits per heavy atom. The number of carbonyl (C=O) groups excluding carboxylic acids is 2. The van der Waals surface area contributed by atoms with Gasteiger partial charge in [0, 0.05) is 22.5 Å². The highest BCUT2D eigenvalue weighted by Gasteiger charge is 2.12. The number of rotatable bonds is 4.